The zero-order chi connectivity index (χ0) is 43.4. The number of para-hydroxylation sites is 3. The Morgan fingerprint density at radius 2 is 0.667 bits per heavy atom. The van der Waals surface area contributed by atoms with Crippen molar-refractivity contribution in [2.45, 2.75) is 0 Å². The summed E-state index contributed by atoms with van der Waals surface area (Å²) in [7, 11) is -5.92. The van der Waals surface area contributed by atoms with Gasteiger partial charge in [0, 0.05) is 56.8 Å². The fourth-order valence-corrected chi connectivity index (χ4v) is 23.9. The Morgan fingerprint density at radius 3 is 1.21 bits per heavy atom. The number of furan rings is 2. The predicted molar refractivity (Wildman–Crippen MR) is 277 cm³/mol. The highest BCUT2D eigenvalue weighted by Gasteiger charge is 2.59. The van der Waals surface area contributed by atoms with Gasteiger partial charge < -0.3 is 18.5 Å². The third kappa shape index (κ3) is 5.08. The Labute approximate surface area is 383 Å². The number of hydrogen-bond donors (Lipinski definition) is 0. The van der Waals surface area contributed by atoms with Gasteiger partial charge in [-0.15, -0.1) is 0 Å². The molecule has 0 atom stereocenters. The van der Waals surface area contributed by atoms with E-state index < -0.39 is 16.1 Å². The lowest BCUT2D eigenvalue weighted by atomic mass is 10.1. The Kier molecular flexibility index (Phi) is 7.99. The van der Waals surface area contributed by atoms with Crippen molar-refractivity contribution >= 4 is 119 Å². The van der Waals surface area contributed by atoms with E-state index in [4.69, 9.17) is 13.6 Å². The van der Waals surface area contributed by atoms with Crippen LogP contribution in [0.25, 0.3) is 43.9 Å². The number of hydrogen-bond acceptors (Lipinski definition) is 4. The summed E-state index contributed by atoms with van der Waals surface area (Å²) in [5.74, 6) is 1.78. The fraction of sp³-hybridized carbons (Fsp3) is 0. The molecule has 0 fully saturated rings. The lowest BCUT2D eigenvalue weighted by Crippen LogP contribution is -2.93. The lowest BCUT2D eigenvalue weighted by molar-refractivity contribution is 0.487. The first-order valence-corrected chi connectivity index (χ1v) is 26.6. The number of nitrogens with zero attached hydrogens (tertiary/aromatic N) is 1. The highest BCUT2D eigenvalue weighted by atomic mass is 28.3. The van der Waals surface area contributed by atoms with E-state index in [0.717, 1.165) is 72.4 Å². The van der Waals surface area contributed by atoms with Gasteiger partial charge in [-0.1, -0.05) is 170 Å². The van der Waals surface area contributed by atoms with Crippen LogP contribution < -0.4 is 51.1 Å². The summed E-state index contributed by atoms with van der Waals surface area (Å²) in [5, 5.41) is 15.4. The number of ether oxygens (including phenoxy) is 1. The van der Waals surface area contributed by atoms with Crippen LogP contribution in [0.5, 0.6) is 11.5 Å². The van der Waals surface area contributed by atoms with Gasteiger partial charge in [0.2, 0.25) is 0 Å². The molecule has 0 aliphatic carbocycles. The van der Waals surface area contributed by atoms with Crippen LogP contribution in [0.4, 0.5) is 17.1 Å². The molecule has 0 amide bonds. The first-order valence-electron chi connectivity index (χ1n) is 22.6. The third-order valence-corrected chi connectivity index (χ3v) is 24.6. The second-order valence-corrected chi connectivity index (χ2v) is 24.9. The largest absolute Gasteiger partial charge is 0.457 e. The molecule has 0 saturated carbocycles. The number of anilines is 3. The van der Waals surface area contributed by atoms with Gasteiger partial charge in [0.1, 0.15) is 33.8 Å². The maximum atomic E-state index is 7.22. The van der Waals surface area contributed by atoms with Crippen LogP contribution in [0.2, 0.25) is 0 Å². The Hall–Kier alpha value is -8.17. The molecule has 1 spiro atoms. The van der Waals surface area contributed by atoms with Crippen LogP contribution in [-0.2, 0) is 0 Å². The zero-order valence-corrected chi connectivity index (χ0v) is 37.7. The quantitative estimate of drug-likeness (QED) is 0.162. The SMILES string of the molecule is c1ccc([Si]2(c3ccccc3)c3ccccc3[Si]3(c4ccccc4Oc4cc(N(c5ccc6c(c5)oc5ccccc56)c5ccc6c(c5)oc5ccccc56)ccc43)c3ccccc32)cc1. The molecule has 12 aromatic rings. The van der Waals surface area contributed by atoms with Crippen molar-refractivity contribution in [3.63, 3.8) is 0 Å². The Morgan fingerprint density at radius 1 is 0.273 bits per heavy atom. The normalized spacial score (nSPS) is 14.1. The summed E-state index contributed by atoms with van der Waals surface area (Å²) >= 11 is 0. The Bertz CT molecular complexity index is 3690. The van der Waals surface area contributed by atoms with Crippen LogP contribution >= 0.6 is 0 Å². The van der Waals surface area contributed by atoms with Gasteiger partial charge in [-0.05, 0) is 90.0 Å². The second-order valence-electron chi connectivity index (χ2n) is 17.5. The Balaban J connectivity index is 1.04. The summed E-state index contributed by atoms with van der Waals surface area (Å²) in [6.45, 7) is 0. The van der Waals surface area contributed by atoms with Crippen LogP contribution in [0.15, 0.2) is 245 Å². The number of fused-ring (bicyclic) bond motifs is 14. The molecule has 2 aliphatic rings. The molecule has 0 saturated heterocycles. The van der Waals surface area contributed by atoms with Crippen molar-refractivity contribution in [1.29, 1.82) is 0 Å². The molecule has 0 N–H and O–H groups in total. The fourth-order valence-electron chi connectivity index (χ4n) is 11.6. The molecule has 14 rings (SSSR count). The average molecular weight is 878 g/mol. The van der Waals surface area contributed by atoms with Crippen LogP contribution in [0, 0.1) is 0 Å². The minimum Gasteiger partial charge on any atom is -0.457 e. The molecule has 0 radical (unpaired) electrons. The summed E-state index contributed by atoms with van der Waals surface area (Å²) < 4.78 is 20.3. The van der Waals surface area contributed by atoms with Crippen LogP contribution in [-0.4, -0.2) is 16.1 Å². The third-order valence-electron chi connectivity index (χ3n) is 14.3. The standard InChI is InChI=1S/C60H39NO3Si2/c1-3-17-43(18-4-1)65(44-19-5-2-6-20-44)57-27-13-15-29-59(57)66(60-30-16-14-28-58(60)65)55-26-12-11-25-51(55)64-54-39-42(33-36-56(54)66)61(40-31-34-47-45-21-7-9-23-49(45)62-52(47)37-40)41-32-35-48-46-22-8-10-24-50(46)63-53(48)38-41/h1-39H. The van der Waals surface area contributed by atoms with Crippen molar-refractivity contribution in [2.24, 2.45) is 0 Å². The maximum absolute atomic E-state index is 7.22. The van der Waals surface area contributed by atoms with Crippen molar-refractivity contribution in [2.75, 3.05) is 4.90 Å². The molecule has 310 valence electrons. The molecule has 0 unspecified atom stereocenters. The van der Waals surface area contributed by atoms with Gasteiger partial charge in [0.15, 0.2) is 16.1 Å². The zero-order valence-electron chi connectivity index (χ0n) is 35.7. The van der Waals surface area contributed by atoms with Gasteiger partial charge in [0.25, 0.3) is 0 Å². The summed E-state index contributed by atoms with van der Waals surface area (Å²) in [4.78, 5) is 2.31. The first-order chi connectivity index (χ1) is 32.7. The molecule has 4 nitrogen and oxygen atoms in total. The smallest absolute Gasteiger partial charge is 0.188 e. The molecule has 2 aliphatic heterocycles. The highest BCUT2D eigenvalue weighted by Crippen LogP contribution is 2.43. The van der Waals surface area contributed by atoms with Gasteiger partial charge in [-0.3, -0.25) is 0 Å². The van der Waals surface area contributed by atoms with Gasteiger partial charge in [-0.2, -0.15) is 0 Å². The molecule has 2 aromatic heterocycles. The molecule has 0 bridgehead atoms. The molecular formula is C60H39NO3Si2. The number of benzene rings is 10. The van der Waals surface area contributed by atoms with E-state index in [2.05, 4.69) is 217 Å². The topological polar surface area (TPSA) is 38.8 Å². The number of rotatable bonds is 5. The first kappa shape index (κ1) is 37.2. The minimum atomic E-state index is -3.07. The van der Waals surface area contributed by atoms with Crippen molar-refractivity contribution in [3.05, 3.63) is 237 Å². The lowest BCUT2D eigenvalue weighted by Gasteiger charge is -2.50. The van der Waals surface area contributed by atoms with E-state index in [9.17, 15) is 0 Å². The second kappa shape index (κ2) is 14.2. The minimum absolute atomic E-state index is 0.831. The monoisotopic (exact) mass is 877 g/mol. The van der Waals surface area contributed by atoms with Crippen molar-refractivity contribution < 1.29 is 13.6 Å². The van der Waals surface area contributed by atoms with Crippen molar-refractivity contribution in [3.8, 4) is 11.5 Å². The van der Waals surface area contributed by atoms with Crippen LogP contribution in [0.1, 0.15) is 0 Å². The molecular weight excluding hydrogens is 839 g/mol. The predicted octanol–water partition coefficient (Wildman–Crippen LogP) is 10.1. The van der Waals surface area contributed by atoms with E-state index in [0.29, 0.717) is 0 Å². The molecule has 10 aromatic carbocycles. The highest BCUT2D eigenvalue weighted by molar-refractivity contribution is 7.33. The van der Waals surface area contributed by atoms with Crippen molar-refractivity contribution in [1.82, 2.24) is 0 Å². The van der Waals surface area contributed by atoms with Gasteiger partial charge in [0.05, 0.1) is 0 Å². The summed E-state index contributed by atoms with van der Waals surface area (Å²) in [6, 6.07) is 86.8. The average Bonchev–Trinajstić information content (AvgIpc) is 3.95. The van der Waals surface area contributed by atoms with Gasteiger partial charge >= 0.3 is 0 Å². The molecule has 66 heavy (non-hydrogen) atoms. The van der Waals surface area contributed by atoms with E-state index in [1.165, 1.54) is 41.5 Å². The van der Waals surface area contributed by atoms with E-state index in [1.807, 2.05) is 24.3 Å². The van der Waals surface area contributed by atoms with Gasteiger partial charge in [-0.25, -0.2) is 0 Å². The summed E-state index contributed by atoms with van der Waals surface area (Å²) in [5.41, 5.74) is 6.31. The molecule has 4 heterocycles. The van der Waals surface area contributed by atoms with E-state index >= 15 is 0 Å². The maximum Gasteiger partial charge on any atom is 0.188 e. The van der Waals surface area contributed by atoms with E-state index in [1.54, 1.807) is 0 Å². The summed E-state index contributed by atoms with van der Waals surface area (Å²) in [6.07, 6.45) is 0. The molecule has 6 heteroatoms. The van der Waals surface area contributed by atoms with Crippen LogP contribution in [0.3, 0.4) is 0 Å². The van der Waals surface area contributed by atoms with E-state index in [-0.39, 0.29) is 0 Å².